The highest BCUT2D eigenvalue weighted by atomic mass is 32.2. The zero-order valence-electron chi connectivity index (χ0n) is 8.87. The SMILES string of the molecule is CO/C([O-])=N/c1n[n+]2c(SC)nn(C)c2s1. The third kappa shape index (κ3) is 1.83. The Morgan fingerprint density at radius 1 is 1.69 bits per heavy atom. The third-order valence-corrected chi connectivity index (χ3v) is 3.38. The van der Waals surface area contributed by atoms with Crippen molar-refractivity contribution in [3.63, 3.8) is 0 Å². The van der Waals surface area contributed by atoms with Crippen LogP contribution in [0.2, 0.25) is 0 Å². The quantitative estimate of drug-likeness (QED) is 0.309. The molecule has 0 saturated carbocycles. The number of methoxy groups -OCH3 is 1. The largest absolute Gasteiger partial charge is 0.603 e. The van der Waals surface area contributed by atoms with Crippen LogP contribution in [0, 0.1) is 0 Å². The molecule has 0 atom stereocenters. The Hall–Kier alpha value is -1.35. The second-order valence-corrected chi connectivity index (χ2v) is 4.48. The van der Waals surface area contributed by atoms with Crippen LogP contribution in [0.4, 0.5) is 5.13 Å². The lowest BCUT2D eigenvalue weighted by Crippen LogP contribution is -2.23. The molecule has 7 nitrogen and oxygen atoms in total. The fraction of sp³-hybridized carbons (Fsp3) is 0.429. The maximum absolute atomic E-state index is 11.0. The summed E-state index contributed by atoms with van der Waals surface area (Å²) < 4.78 is 7.78. The molecular weight excluding hydrogens is 250 g/mol. The maximum Gasteiger partial charge on any atom is 0.361 e. The van der Waals surface area contributed by atoms with Crippen molar-refractivity contribution in [3.05, 3.63) is 0 Å². The number of aryl methyl sites for hydroxylation is 1. The highest BCUT2D eigenvalue weighted by Gasteiger charge is 2.21. The van der Waals surface area contributed by atoms with Crippen molar-refractivity contribution in [3.8, 4) is 0 Å². The summed E-state index contributed by atoms with van der Waals surface area (Å²) in [5.74, 6) is 0. The van der Waals surface area contributed by atoms with Crippen molar-refractivity contribution in [2.75, 3.05) is 13.4 Å². The number of fused-ring (bicyclic) bond motifs is 1. The molecule has 0 fully saturated rings. The highest BCUT2D eigenvalue weighted by molar-refractivity contribution is 7.98. The van der Waals surface area contributed by atoms with Crippen molar-refractivity contribution in [1.82, 2.24) is 14.9 Å². The maximum atomic E-state index is 11.0. The molecule has 2 heterocycles. The van der Waals surface area contributed by atoms with E-state index in [9.17, 15) is 5.11 Å². The number of nitrogens with zero attached hydrogens (tertiary/aromatic N) is 5. The fourth-order valence-electron chi connectivity index (χ4n) is 1.11. The zero-order chi connectivity index (χ0) is 11.7. The van der Waals surface area contributed by atoms with Crippen LogP contribution < -0.4 is 9.62 Å². The number of aliphatic imine (C=N–C) groups is 1. The minimum absolute atomic E-state index is 0.357. The first kappa shape index (κ1) is 11.1. The van der Waals surface area contributed by atoms with Crippen LogP contribution in [0.1, 0.15) is 0 Å². The van der Waals surface area contributed by atoms with Gasteiger partial charge in [0, 0.05) is 0 Å². The lowest BCUT2D eigenvalue weighted by atomic mass is 11.1. The van der Waals surface area contributed by atoms with E-state index in [4.69, 9.17) is 0 Å². The van der Waals surface area contributed by atoms with Crippen LogP contribution in [-0.2, 0) is 11.8 Å². The molecule has 0 amide bonds. The summed E-state index contributed by atoms with van der Waals surface area (Å²) in [6, 6.07) is 0. The van der Waals surface area contributed by atoms with Crippen LogP contribution in [0.15, 0.2) is 10.1 Å². The van der Waals surface area contributed by atoms with Gasteiger partial charge in [-0.1, -0.05) is 26.1 Å². The molecule has 0 radical (unpaired) electrons. The first-order chi connectivity index (χ1) is 7.65. The van der Waals surface area contributed by atoms with E-state index in [0.29, 0.717) is 5.13 Å². The van der Waals surface area contributed by atoms with Crippen molar-refractivity contribution >= 4 is 39.3 Å². The average molecular weight is 259 g/mol. The standard InChI is InChI=1S/C7H9N5O2S2/c1-11-7-12(5(10-11)15-3)9-4(16-7)8-6(13)14-2/h1-3H3. The fourth-order valence-corrected chi connectivity index (χ4v) is 2.47. The Morgan fingerprint density at radius 2 is 2.44 bits per heavy atom. The molecule has 0 unspecified atom stereocenters. The van der Waals surface area contributed by atoms with Gasteiger partial charge < -0.3 is 9.84 Å². The molecule has 0 aromatic carbocycles. The Bertz CT molecular complexity index is 546. The number of hydrogen-bond donors (Lipinski definition) is 0. The number of hydrogen-bond acceptors (Lipinski definition) is 7. The molecule has 16 heavy (non-hydrogen) atoms. The molecule has 2 aromatic rings. The zero-order valence-corrected chi connectivity index (χ0v) is 10.5. The van der Waals surface area contributed by atoms with Crippen LogP contribution in [0.25, 0.3) is 4.96 Å². The van der Waals surface area contributed by atoms with E-state index in [1.165, 1.54) is 30.2 Å². The van der Waals surface area contributed by atoms with Crippen LogP contribution >= 0.6 is 23.1 Å². The Balaban J connectivity index is 2.52. The first-order valence-corrected chi connectivity index (χ1v) is 6.29. The van der Waals surface area contributed by atoms with Gasteiger partial charge in [-0.25, -0.2) is 4.99 Å². The molecule has 0 aliphatic heterocycles. The minimum atomic E-state index is -0.654. The van der Waals surface area contributed by atoms with E-state index in [1.54, 1.807) is 9.20 Å². The summed E-state index contributed by atoms with van der Waals surface area (Å²) >= 11 is 2.75. The van der Waals surface area contributed by atoms with Gasteiger partial charge in [-0.15, -0.1) is 0 Å². The molecule has 0 bridgehead atoms. The summed E-state index contributed by atoms with van der Waals surface area (Å²) in [5, 5.41) is 20.5. The molecule has 0 N–H and O–H groups in total. The normalized spacial score (nSPS) is 12.3. The topological polar surface area (TPSA) is 79.5 Å². The van der Waals surface area contributed by atoms with Crippen molar-refractivity contribution in [2.24, 2.45) is 12.0 Å². The number of rotatable bonds is 2. The molecule has 2 aromatic heterocycles. The second kappa shape index (κ2) is 4.26. The van der Waals surface area contributed by atoms with Gasteiger partial charge >= 0.3 is 10.1 Å². The summed E-state index contributed by atoms with van der Waals surface area (Å²) in [6.45, 7) is 0. The number of thioether (sulfide) groups is 1. The Labute approximate surface area is 99.4 Å². The van der Waals surface area contributed by atoms with Gasteiger partial charge in [0.05, 0.1) is 12.1 Å². The lowest BCUT2D eigenvalue weighted by molar-refractivity contribution is -0.615. The van der Waals surface area contributed by atoms with Gasteiger partial charge in [0.15, 0.2) is 6.08 Å². The molecule has 0 saturated heterocycles. The van der Waals surface area contributed by atoms with E-state index in [2.05, 4.69) is 19.9 Å². The first-order valence-electron chi connectivity index (χ1n) is 4.25. The van der Waals surface area contributed by atoms with Gasteiger partial charge in [0.1, 0.15) is 0 Å². The third-order valence-electron chi connectivity index (χ3n) is 1.79. The van der Waals surface area contributed by atoms with Gasteiger partial charge in [-0.2, -0.15) is 0 Å². The monoisotopic (exact) mass is 259 g/mol. The predicted octanol–water partition coefficient (Wildman–Crippen LogP) is -0.669. The number of aromatic nitrogens is 4. The van der Waals surface area contributed by atoms with E-state index in [0.717, 1.165) is 10.1 Å². The van der Waals surface area contributed by atoms with E-state index in [1.807, 2.05) is 13.3 Å². The van der Waals surface area contributed by atoms with Gasteiger partial charge in [0.2, 0.25) is 0 Å². The van der Waals surface area contributed by atoms with Crippen molar-refractivity contribution < 1.29 is 14.4 Å². The lowest BCUT2D eigenvalue weighted by Gasteiger charge is -2.03. The Morgan fingerprint density at radius 3 is 3.06 bits per heavy atom. The summed E-state index contributed by atoms with van der Waals surface area (Å²) in [5.41, 5.74) is 0. The molecule has 0 aliphatic rings. The van der Waals surface area contributed by atoms with Crippen LogP contribution in [0.5, 0.6) is 0 Å². The van der Waals surface area contributed by atoms with Crippen LogP contribution in [-0.4, -0.2) is 34.3 Å². The second-order valence-electron chi connectivity index (χ2n) is 2.77. The molecule has 2 rings (SSSR count). The predicted molar refractivity (Wildman–Crippen MR) is 57.9 cm³/mol. The molecule has 9 heteroatoms. The van der Waals surface area contributed by atoms with Gasteiger partial charge in [-0.3, -0.25) is 0 Å². The summed E-state index contributed by atoms with van der Waals surface area (Å²) in [7, 11) is 3.09. The number of ether oxygens (including phenoxy) is 1. The van der Waals surface area contributed by atoms with Gasteiger partial charge in [-0.05, 0) is 24.7 Å². The van der Waals surface area contributed by atoms with Crippen molar-refractivity contribution in [1.29, 1.82) is 0 Å². The van der Waals surface area contributed by atoms with E-state index in [-0.39, 0.29) is 0 Å². The summed E-state index contributed by atoms with van der Waals surface area (Å²) in [4.78, 5) is 4.49. The summed E-state index contributed by atoms with van der Waals surface area (Å²) in [6.07, 6.45) is 1.25. The highest BCUT2D eigenvalue weighted by Crippen LogP contribution is 2.20. The molecule has 86 valence electrons. The average Bonchev–Trinajstić information content (AvgIpc) is 2.79. The smallest absolute Gasteiger partial charge is 0.361 e. The minimum Gasteiger partial charge on any atom is -0.603 e. The molecule has 0 aliphatic carbocycles. The van der Waals surface area contributed by atoms with Crippen molar-refractivity contribution in [2.45, 2.75) is 5.16 Å². The molecule has 0 spiro atoms. The van der Waals surface area contributed by atoms with Gasteiger partial charge in [0.25, 0.3) is 5.13 Å². The molecular formula is C7H9N5O2S2. The van der Waals surface area contributed by atoms with Crippen LogP contribution in [0.3, 0.4) is 0 Å². The van der Waals surface area contributed by atoms with E-state index < -0.39 is 6.08 Å². The van der Waals surface area contributed by atoms with E-state index >= 15 is 0 Å². The Kier molecular flexibility index (Phi) is 2.97.